The van der Waals surface area contributed by atoms with Gasteiger partial charge in [0.25, 0.3) is 0 Å². The Hall–Kier alpha value is 0.430. The monoisotopic (exact) mass is 161 g/mol. The lowest BCUT2D eigenvalue weighted by Gasteiger charge is -2.21. The minimum absolute atomic E-state index is 0.487. The molecule has 0 saturated heterocycles. The fraction of sp³-hybridized carbons (Fsp3) is 1.00. The lowest BCUT2D eigenvalue weighted by molar-refractivity contribution is 0.740. The lowest BCUT2D eigenvalue weighted by Crippen LogP contribution is -2.07. The van der Waals surface area contributed by atoms with Gasteiger partial charge in [0.1, 0.15) is 0 Å². The summed E-state index contributed by atoms with van der Waals surface area (Å²) in [6.07, 6.45) is 4.35. The maximum Gasteiger partial charge on any atom is 0.0614 e. The molecule has 0 fully saturated rings. The maximum atomic E-state index is 2.51. The Morgan fingerprint density at radius 3 is 1.60 bits per heavy atom. The normalized spacial score (nSPS) is 12.6. The van der Waals surface area contributed by atoms with Crippen LogP contribution in [0.25, 0.3) is 0 Å². The van der Waals surface area contributed by atoms with Gasteiger partial charge in [-0.2, -0.15) is 0 Å². The van der Waals surface area contributed by atoms with E-state index in [4.69, 9.17) is 0 Å². The van der Waals surface area contributed by atoms with Crippen molar-refractivity contribution in [1.82, 2.24) is 0 Å². The first-order valence-corrected chi connectivity index (χ1v) is 7.16. The Morgan fingerprint density at radius 2 is 1.50 bits per heavy atom. The predicted octanol–water partition coefficient (Wildman–Crippen LogP) is 3.33. The first kappa shape index (κ1) is 10.4. The molecule has 62 valence electrons. The lowest BCUT2D eigenvalue weighted by atomic mass is 10.3. The van der Waals surface area contributed by atoms with Crippen molar-refractivity contribution in [3.05, 3.63) is 0 Å². The van der Waals surface area contributed by atoms with Gasteiger partial charge >= 0.3 is 0 Å². The van der Waals surface area contributed by atoms with Crippen molar-refractivity contribution in [2.45, 2.75) is 27.7 Å². The van der Waals surface area contributed by atoms with Crippen molar-refractivity contribution >= 4 is 7.26 Å². The van der Waals surface area contributed by atoms with Crippen LogP contribution in [0.5, 0.6) is 0 Å². The van der Waals surface area contributed by atoms with Gasteiger partial charge in [0.05, 0.1) is 18.5 Å². The van der Waals surface area contributed by atoms with Crippen molar-refractivity contribution in [2.75, 3.05) is 25.2 Å². The van der Waals surface area contributed by atoms with Crippen molar-refractivity contribution in [2.24, 2.45) is 5.92 Å². The predicted molar refractivity (Wildman–Crippen MR) is 53.6 cm³/mol. The zero-order valence-electron chi connectivity index (χ0n) is 8.15. The van der Waals surface area contributed by atoms with E-state index in [2.05, 4.69) is 34.4 Å². The van der Waals surface area contributed by atoms with Gasteiger partial charge in [-0.15, -0.1) is 0 Å². The Labute approximate surface area is 66.7 Å². The van der Waals surface area contributed by atoms with Crippen LogP contribution in [0.2, 0.25) is 0 Å². The Balaban J connectivity index is 3.80. The van der Waals surface area contributed by atoms with Crippen LogP contribution < -0.4 is 0 Å². The van der Waals surface area contributed by atoms with E-state index in [0.717, 1.165) is 5.92 Å². The van der Waals surface area contributed by atoms with Crippen LogP contribution in [0, 0.1) is 5.92 Å². The third-order valence-electron chi connectivity index (χ3n) is 2.33. The molecule has 0 atom stereocenters. The standard InChI is InChI=1S/C9H22P/c1-6-10(5,7-2)8-9(3)4/h9H,6-8H2,1-5H3/q+1. The average Bonchev–Trinajstić information content (AvgIpc) is 1.87. The van der Waals surface area contributed by atoms with E-state index >= 15 is 0 Å². The molecule has 0 aromatic carbocycles. The Morgan fingerprint density at radius 1 is 1.10 bits per heavy atom. The van der Waals surface area contributed by atoms with Crippen LogP contribution in [0.3, 0.4) is 0 Å². The first-order valence-electron chi connectivity index (χ1n) is 4.37. The summed E-state index contributed by atoms with van der Waals surface area (Å²) in [5.41, 5.74) is 0. The molecule has 0 bridgehead atoms. The highest BCUT2D eigenvalue weighted by atomic mass is 31.2. The van der Waals surface area contributed by atoms with E-state index in [0.29, 0.717) is 0 Å². The van der Waals surface area contributed by atoms with Crippen LogP contribution in [0.4, 0.5) is 0 Å². The van der Waals surface area contributed by atoms with Gasteiger partial charge in [-0.05, 0) is 19.8 Å². The molecular formula is C9H22P+. The molecule has 10 heavy (non-hydrogen) atoms. The highest BCUT2D eigenvalue weighted by Crippen LogP contribution is 2.55. The summed E-state index contributed by atoms with van der Waals surface area (Å²) in [4.78, 5) is 0. The summed E-state index contributed by atoms with van der Waals surface area (Å²) in [7, 11) is -0.487. The number of rotatable bonds is 4. The molecule has 1 heteroatoms. The van der Waals surface area contributed by atoms with E-state index in [1.165, 1.54) is 18.5 Å². The quantitative estimate of drug-likeness (QED) is 0.555. The molecule has 0 unspecified atom stereocenters. The van der Waals surface area contributed by atoms with Gasteiger partial charge < -0.3 is 0 Å². The molecular weight excluding hydrogens is 139 g/mol. The van der Waals surface area contributed by atoms with Crippen LogP contribution in [-0.2, 0) is 0 Å². The van der Waals surface area contributed by atoms with Crippen molar-refractivity contribution in [3.63, 3.8) is 0 Å². The fourth-order valence-electron chi connectivity index (χ4n) is 1.36. The minimum Gasteiger partial charge on any atom is -0.0593 e. The van der Waals surface area contributed by atoms with E-state index < -0.39 is 7.26 Å². The van der Waals surface area contributed by atoms with Gasteiger partial charge in [0.2, 0.25) is 0 Å². The molecule has 0 amide bonds. The third-order valence-corrected chi connectivity index (χ3v) is 7.00. The molecule has 0 spiro atoms. The second-order valence-corrected chi connectivity index (χ2v) is 8.70. The number of hydrogen-bond donors (Lipinski definition) is 0. The molecule has 0 aliphatic carbocycles. The zero-order valence-corrected chi connectivity index (χ0v) is 9.04. The van der Waals surface area contributed by atoms with Gasteiger partial charge in [-0.25, -0.2) is 0 Å². The third kappa shape index (κ3) is 3.56. The first-order chi connectivity index (χ1) is 4.54. The van der Waals surface area contributed by atoms with E-state index in [1.54, 1.807) is 0 Å². The average molecular weight is 161 g/mol. The fourth-order valence-corrected chi connectivity index (χ4v) is 4.09. The molecule has 0 aliphatic rings. The molecule has 0 radical (unpaired) electrons. The SMILES string of the molecule is CC[P+](C)(CC)CC(C)C. The summed E-state index contributed by atoms with van der Waals surface area (Å²) in [6, 6.07) is 0. The summed E-state index contributed by atoms with van der Waals surface area (Å²) < 4.78 is 0. The van der Waals surface area contributed by atoms with Crippen LogP contribution in [-0.4, -0.2) is 25.2 Å². The molecule has 0 nitrogen and oxygen atoms in total. The van der Waals surface area contributed by atoms with Crippen molar-refractivity contribution < 1.29 is 0 Å². The van der Waals surface area contributed by atoms with Gasteiger partial charge in [-0.1, -0.05) is 13.8 Å². The second kappa shape index (κ2) is 4.34. The summed E-state index contributed by atoms with van der Waals surface area (Å²) >= 11 is 0. The van der Waals surface area contributed by atoms with E-state index in [1.807, 2.05) is 0 Å². The van der Waals surface area contributed by atoms with Crippen LogP contribution in [0.1, 0.15) is 27.7 Å². The summed E-state index contributed by atoms with van der Waals surface area (Å²) in [5, 5.41) is 0. The topological polar surface area (TPSA) is 0 Å². The molecule has 0 aromatic rings. The smallest absolute Gasteiger partial charge is 0.0593 e. The van der Waals surface area contributed by atoms with E-state index in [9.17, 15) is 0 Å². The summed E-state index contributed by atoms with van der Waals surface area (Å²) in [6.45, 7) is 11.9. The minimum atomic E-state index is -0.487. The van der Waals surface area contributed by atoms with Gasteiger partial charge in [-0.3, -0.25) is 0 Å². The molecule has 0 rings (SSSR count). The maximum absolute atomic E-state index is 2.51. The molecule has 0 aromatic heterocycles. The highest BCUT2D eigenvalue weighted by molar-refractivity contribution is 7.75. The molecule has 0 aliphatic heterocycles. The highest BCUT2D eigenvalue weighted by Gasteiger charge is 2.27. The number of hydrogen-bond acceptors (Lipinski definition) is 0. The summed E-state index contributed by atoms with van der Waals surface area (Å²) in [5.74, 6) is 0.901. The second-order valence-electron chi connectivity index (χ2n) is 3.83. The molecule has 0 heterocycles. The molecule has 0 saturated carbocycles. The van der Waals surface area contributed by atoms with Gasteiger partial charge in [0, 0.05) is 13.9 Å². The van der Waals surface area contributed by atoms with Gasteiger partial charge in [0.15, 0.2) is 0 Å². The Kier molecular flexibility index (Phi) is 4.52. The largest absolute Gasteiger partial charge is 0.0614 e. The van der Waals surface area contributed by atoms with E-state index in [-0.39, 0.29) is 0 Å². The molecule has 0 N–H and O–H groups in total. The van der Waals surface area contributed by atoms with Crippen molar-refractivity contribution in [1.29, 1.82) is 0 Å². The Bertz CT molecular complexity index is 82.7. The van der Waals surface area contributed by atoms with Crippen molar-refractivity contribution in [3.8, 4) is 0 Å². The zero-order chi connectivity index (χ0) is 8.20. The van der Waals surface area contributed by atoms with Crippen LogP contribution in [0.15, 0.2) is 0 Å². The van der Waals surface area contributed by atoms with Crippen LogP contribution >= 0.6 is 7.26 Å².